The van der Waals surface area contributed by atoms with Crippen molar-refractivity contribution in [2.75, 3.05) is 18.4 Å². The topological polar surface area (TPSA) is 110 Å². The zero-order chi connectivity index (χ0) is 20.2. The second-order valence-corrected chi connectivity index (χ2v) is 7.77. The van der Waals surface area contributed by atoms with E-state index >= 15 is 0 Å². The van der Waals surface area contributed by atoms with Gasteiger partial charge >= 0.3 is 0 Å². The second kappa shape index (κ2) is 8.28. The number of nitrogens with zero attached hydrogens (tertiary/aromatic N) is 2. The van der Waals surface area contributed by atoms with Gasteiger partial charge in [0.1, 0.15) is 0 Å². The molecule has 0 heterocycles. The fraction of sp³-hybridized carbons (Fsp3) is 0.278. The molecule has 0 radical (unpaired) electrons. The van der Waals surface area contributed by atoms with Crippen LogP contribution in [0.4, 0.5) is 11.4 Å². The standard InChI is InChI=1S/C18H21N3O5S/c1-4-20(5-2)27(25,26)16-8-6-7-14(12-16)18(22)19-17-10-9-15(21(23)24)11-13(17)3/h6-12H,4-5H2,1-3H3,(H,19,22). The van der Waals surface area contributed by atoms with Crippen molar-refractivity contribution in [3.8, 4) is 0 Å². The van der Waals surface area contributed by atoms with Crippen LogP contribution in [0, 0.1) is 17.0 Å². The molecule has 0 bridgehead atoms. The molecule has 144 valence electrons. The minimum absolute atomic E-state index is 0.0410. The number of carbonyl (C=O) groups excluding carboxylic acids is 1. The van der Waals surface area contributed by atoms with Crippen LogP contribution in [0.15, 0.2) is 47.4 Å². The zero-order valence-corrected chi connectivity index (χ0v) is 16.1. The Kier molecular flexibility index (Phi) is 6.29. The van der Waals surface area contributed by atoms with E-state index in [4.69, 9.17) is 0 Å². The highest BCUT2D eigenvalue weighted by Crippen LogP contribution is 2.22. The largest absolute Gasteiger partial charge is 0.322 e. The number of nitrogens with one attached hydrogen (secondary N) is 1. The number of rotatable bonds is 7. The van der Waals surface area contributed by atoms with Crippen molar-refractivity contribution in [1.82, 2.24) is 4.31 Å². The van der Waals surface area contributed by atoms with Crippen LogP contribution in [0.5, 0.6) is 0 Å². The zero-order valence-electron chi connectivity index (χ0n) is 15.3. The van der Waals surface area contributed by atoms with Gasteiger partial charge in [0.2, 0.25) is 10.0 Å². The molecular formula is C18H21N3O5S. The molecule has 0 aliphatic carbocycles. The first kappa shape index (κ1) is 20.5. The van der Waals surface area contributed by atoms with Crippen molar-refractivity contribution in [2.24, 2.45) is 0 Å². The average molecular weight is 391 g/mol. The number of nitro benzene ring substituents is 1. The van der Waals surface area contributed by atoms with Gasteiger partial charge in [0.05, 0.1) is 9.82 Å². The van der Waals surface area contributed by atoms with E-state index in [9.17, 15) is 23.3 Å². The first-order valence-electron chi connectivity index (χ1n) is 8.37. The highest BCUT2D eigenvalue weighted by Gasteiger charge is 2.22. The van der Waals surface area contributed by atoms with Gasteiger partial charge in [-0.05, 0) is 36.8 Å². The lowest BCUT2D eigenvalue weighted by Crippen LogP contribution is -2.30. The van der Waals surface area contributed by atoms with E-state index in [1.165, 1.54) is 46.8 Å². The molecule has 0 spiro atoms. The van der Waals surface area contributed by atoms with Crippen molar-refractivity contribution in [2.45, 2.75) is 25.7 Å². The summed E-state index contributed by atoms with van der Waals surface area (Å²) in [4.78, 5) is 22.8. The molecule has 8 nitrogen and oxygen atoms in total. The molecule has 2 aromatic carbocycles. The van der Waals surface area contributed by atoms with Crippen LogP contribution >= 0.6 is 0 Å². The van der Waals surface area contributed by atoms with Gasteiger partial charge in [-0.2, -0.15) is 4.31 Å². The molecule has 2 aromatic rings. The Morgan fingerprint density at radius 3 is 2.37 bits per heavy atom. The maximum absolute atomic E-state index is 12.6. The first-order valence-corrected chi connectivity index (χ1v) is 9.81. The highest BCUT2D eigenvalue weighted by molar-refractivity contribution is 7.89. The maximum Gasteiger partial charge on any atom is 0.269 e. The Morgan fingerprint density at radius 2 is 1.81 bits per heavy atom. The molecule has 0 aliphatic heterocycles. The number of aryl methyl sites for hydroxylation is 1. The van der Waals surface area contributed by atoms with Gasteiger partial charge in [-0.15, -0.1) is 0 Å². The molecule has 0 aliphatic rings. The fourth-order valence-electron chi connectivity index (χ4n) is 2.61. The number of anilines is 1. The molecule has 27 heavy (non-hydrogen) atoms. The van der Waals surface area contributed by atoms with Crippen molar-refractivity contribution in [3.05, 3.63) is 63.7 Å². The van der Waals surface area contributed by atoms with Gasteiger partial charge in [0.15, 0.2) is 0 Å². The number of non-ortho nitro benzene ring substituents is 1. The summed E-state index contributed by atoms with van der Waals surface area (Å²) < 4.78 is 26.5. The molecule has 0 fully saturated rings. The molecule has 9 heteroatoms. The van der Waals surface area contributed by atoms with Crippen LogP contribution in [0.25, 0.3) is 0 Å². The van der Waals surface area contributed by atoms with Gasteiger partial charge in [0.25, 0.3) is 11.6 Å². The van der Waals surface area contributed by atoms with E-state index in [-0.39, 0.29) is 16.1 Å². The summed E-state index contributed by atoms with van der Waals surface area (Å²) in [5, 5.41) is 13.5. The van der Waals surface area contributed by atoms with E-state index in [2.05, 4.69) is 5.32 Å². The van der Waals surface area contributed by atoms with Crippen LogP contribution in [0.1, 0.15) is 29.8 Å². The summed E-state index contributed by atoms with van der Waals surface area (Å²) in [7, 11) is -3.68. The van der Waals surface area contributed by atoms with E-state index < -0.39 is 20.9 Å². The third-order valence-electron chi connectivity index (χ3n) is 4.11. The minimum atomic E-state index is -3.68. The molecule has 0 saturated heterocycles. The second-order valence-electron chi connectivity index (χ2n) is 5.83. The van der Waals surface area contributed by atoms with Crippen LogP contribution < -0.4 is 5.32 Å². The third-order valence-corrected chi connectivity index (χ3v) is 6.15. The molecule has 1 amide bonds. The third kappa shape index (κ3) is 4.50. The number of benzene rings is 2. The molecule has 0 unspecified atom stereocenters. The summed E-state index contributed by atoms with van der Waals surface area (Å²) in [5.74, 6) is -0.497. The monoisotopic (exact) mass is 391 g/mol. The van der Waals surface area contributed by atoms with Crippen LogP contribution in [0.2, 0.25) is 0 Å². The fourth-order valence-corrected chi connectivity index (χ4v) is 4.11. The van der Waals surface area contributed by atoms with Crippen molar-refractivity contribution in [1.29, 1.82) is 0 Å². The van der Waals surface area contributed by atoms with Crippen LogP contribution in [-0.2, 0) is 10.0 Å². The summed E-state index contributed by atoms with van der Waals surface area (Å²) in [5.41, 5.74) is 1.06. The molecular weight excluding hydrogens is 370 g/mol. The Labute approximate surface area is 158 Å². The summed E-state index contributed by atoms with van der Waals surface area (Å²) in [6.07, 6.45) is 0. The Balaban J connectivity index is 2.29. The predicted molar refractivity (Wildman–Crippen MR) is 102 cm³/mol. The summed E-state index contributed by atoms with van der Waals surface area (Å²) >= 11 is 0. The number of amides is 1. The van der Waals surface area contributed by atoms with E-state index in [0.29, 0.717) is 24.3 Å². The van der Waals surface area contributed by atoms with Crippen molar-refractivity contribution >= 4 is 27.3 Å². The van der Waals surface area contributed by atoms with Crippen molar-refractivity contribution in [3.63, 3.8) is 0 Å². The van der Waals surface area contributed by atoms with Gasteiger partial charge in [0, 0.05) is 36.5 Å². The van der Waals surface area contributed by atoms with Crippen LogP contribution in [-0.4, -0.2) is 36.6 Å². The molecule has 2 rings (SSSR count). The van der Waals surface area contributed by atoms with E-state index in [1.54, 1.807) is 20.8 Å². The van der Waals surface area contributed by atoms with Gasteiger partial charge < -0.3 is 5.32 Å². The quantitative estimate of drug-likeness (QED) is 0.576. The van der Waals surface area contributed by atoms with Crippen molar-refractivity contribution < 1.29 is 18.1 Å². The Morgan fingerprint density at radius 1 is 1.15 bits per heavy atom. The maximum atomic E-state index is 12.6. The van der Waals surface area contributed by atoms with E-state index in [1.807, 2.05) is 0 Å². The predicted octanol–water partition coefficient (Wildman–Crippen LogP) is 3.19. The molecule has 1 N–H and O–H groups in total. The lowest BCUT2D eigenvalue weighted by molar-refractivity contribution is -0.384. The number of carbonyl (C=O) groups is 1. The summed E-state index contributed by atoms with van der Waals surface area (Å²) in [6, 6.07) is 9.89. The first-order chi connectivity index (χ1) is 12.7. The average Bonchev–Trinajstić information content (AvgIpc) is 2.64. The lowest BCUT2D eigenvalue weighted by Gasteiger charge is -2.18. The molecule has 0 atom stereocenters. The number of hydrogen-bond donors (Lipinski definition) is 1. The minimum Gasteiger partial charge on any atom is -0.322 e. The van der Waals surface area contributed by atoms with Gasteiger partial charge in [-0.1, -0.05) is 19.9 Å². The lowest BCUT2D eigenvalue weighted by atomic mass is 10.1. The Bertz CT molecular complexity index is 969. The highest BCUT2D eigenvalue weighted by atomic mass is 32.2. The van der Waals surface area contributed by atoms with E-state index in [0.717, 1.165) is 0 Å². The SMILES string of the molecule is CCN(CC)S(=O)(=O)c1cccc(C(=O)Nc2ccc([N+](=O)[O-])cc2C)c1. The number of nitro groups is 1. The van der Waals surface area contributed by atoms with Crippen LogP contribution in [0.3, 0.4) is 0 Å². The normalized spacial score (nSPS) is 11.4. The number of hydrogen-bond acceptors (Lipinski definition) is 5. The summed E-state index contributed by atoms with van der Waals surface area (Å²) in [6.45, 7) is 5.79. The van der Waals surface area contributed by atoms with Gasteiger partial charge in [-0.3, -0.25) is 14.9 Å². The molecule has 0 aromatic heterocycles. The van der Waals surface area contributed by atoms with Gasteiger partial charge in [-0.25, -0.2) is 8.42 Å². The number of sulfonamides is 1. The molecule has 0 saturated carbocycles. The smallest absolute Gasteiger partial charge is 0.269 e. The Hall–Kier alpha value is -2.78.